The van der Waals surface area contributed by atoms with Gasteiger partial charge in [-0.15, -0.1) is 0 Å². The minimum absolute atomic E-state index is 0.220. The molecule has 26 heavy (non-hydrogen) atoms. The fraction of sp³-hybridized carbons (Fsp3) is 0. The first-order chi connectivity index (χ1) is 12.7. The second-order valence-electron chi connectivity index (χ2n) is 5.65. The number of nitrogens with zero attached hydrogens (tertiary/aromatic N) is 3. The largest absolute Gasteiger partial charge is 0.321 e. The number of halogens is 1. The van der Waals surface area contributed by atoms with E-state index in [9.17, 15) is 4.79 Å². The van der Waals surface area contributed by atoms with E-state index in [1.807, 2.05) is 83.7 Å². The highest BCUT2D eigenvalue weighted by molar-refractivity contribution is 9.10. The average molecular weight is 407 g/mol. The lowest BCUT2D eigenvalue weighted by Gasteiger charge is -2.11. The van der Waals surface area contributed by atoms with E-state index in [-0.39, 0.29) is 5.91 Å². The topological polar surface area (TPSA) is 51.9 Å². The quantitative estimate of drug-likeness (QED) is 0.534. The Bertz CT molecular complexity index is 1040. The van der Waals surface area contributed by atoms with Gasteiger partial charge in [0.25, 0.3) is 5.91 Å². The van der Waals surface area contributed by atoms with Crippen molar-refractivity contribution in [2.75, 3.05) is 5.32 Å². The molecule has 0 atom stereocenters. The standard InChI is InChI=1S/C20H15BrN4O/c21-17-10-4-5-11-18(17)23-19(26)16-14-22-25(15-8-2-1-3-9-15)20(16)24-12-6-7-13-24/h1-14H,(H,23,26). The second kappa shape index (κ2) is 7.01. The number of amides is 1. The Hall–Kier alpha value is -3.12. The molecule has 2 aromatic heterocycles. The number of para-hydroxylation sites is 2. The Morgan fingerprint density at radius 3 is 2.35 bits per heavy atom. The van der Waals surface area contributed by atoms with Crippen molar-refractivity contribution in [2.45, 2.75) is 0 Å². The summed E-state index contributed by atoms with van der Waals surface area (Å²) in [5.74, 6) is 0.466. The van der Waals surface area contributed by atoms with Crippen molar-refractivity contribution in [1.29, 1.82) is 0 Å². The van der Waals surface area contributed by atoms with E-state index in [0.29, 0.717) is 17.1 Å². The van der Waals surface area contributed by atoms with Gasteiger partial charge in [-0.1, -0.05) is 30.3 Å². The van der Waals surface area contributed by atoms with Gasteiger partial charge < -0.3 is 9.88 Å². The molecule has 1 amide bonds. The van der Waals surface area contributed by atoms with E-state index in [2.05, 4.69) is 26.3 Å². The number of carbonyl (C=O) groups excluding carboxylic acids is 1. The first-order valence-electron chi connectivity index (χ1n) is 8.07. The predicted octanol–water partition coefficient (Wildman–Crippen LogP) is 4.68. The molecule has 0 saturated carbocycles. The van der Waals surface area contributed by atoms with E-state index in [1.54, 1.807) is 10.9 Å². The molecule has 5 nitrogen and oxygen atoms in total. The highest BCUT2D eigenvalue weighted by atomic mass is 79.9. The van der Waals surface area contributed by atoms with Crippen LogP contribution >= 0.6 is 15.9 Å². The Balaban J connectivity index is 1.78. The number of rotatable bonds is 4. The van der Waals surface area contributed by atoms with E-state index in [1.165, 1.54) is 0 Å². The fourth-order valence-corrected chi connectivity index (χ4v) is 3.12. The third-order valence-electron chi connectivity index (χ3n) is 3.96. The lowest BCUT2D eigenvalue weighted by molar-refractivity contribution is 0.102. The van der Waals surface area contributed by atoms with Crippen LogP contribution in [0.3, 0.4) is 0 Å². The molecule has 6 heteroatoms. The van der Waals surface area contributed by atoms with Gasteiger partial charge in [0.1, 0.15) is 5.56 Å². The Morgan fingerprint density at radius 1 is 0.923 bits per heavy atom. The van der Waals surface area contributed by atoms with Crippen molar-refractivity contribution in [3.63, 3.8) is 0 Å². The summed E-state index contributed by atoms with van der Waals surface area (Å²) in [6.07, 6.45) is 5.38. The number of carbonyl (C=O) groups is 1. The summed E-state index contributed by atoms with van der Waals surface area (Å²) in [5, 5.41) is 7.39. The highest BCUT2D eigenvalue weighted by Gasteiger charge is 2.20. The van der Waals surface area contributed by atoms with Gasteiger partial charge in [0.05, 0.1) is 17.6 Å². The van der Waals surface area contributed by atoms with Crippen molar-refractivity contribution in [3.05, 3.63) is 95.4 Å². The molecule has 0 unspecified atom stereocenters. The lowest BCUT2D eigenvalue weighted by atomic mass is 10.2. The first-order valence-corrected chi connectivity index (χ1v) is 8.86. The van der Waals surface area contributed by atoms with Crippen LogP contribution in [0.15, 0.2) is 89.8 Å². The monoisotopic (exact) mass is 406 g/mol. The Morgan fingerprint density at radius 2 is 1.62 bits per heavy atom. The minimum Gasteiger partial charge on any atom is -0.321 e. The molecule has 0 aliphatic rings. The van der Waals surface area contributed by atoms with Crippen LogP contribution in [-0.4, -0.2) is 20.3 Å². The summed E-state index contributed by atoms with van der Waals surface area (Å²) in [4.78, 5) is 12.9. The average Bonchev–Trinajstić information content (AvgIpc) is 3.33. The predicted molar refractivity (Wildman–Crippen MR) is 105 cm³/mol. The van der Waals surface area contributed by atoms with Gasteiger partial charge in [-0.25, -0.2) is 4.68 Å². The van der Waals surface area contributed by atoms with E-state index in [0.717, 1.165) is 10.2 Å². The molecule has 0 radical (unpaired) electrons. The molecule has 2 heterocycles. The van der Waals surface area contributed by atoms with Crippen LogP contribution in [-0.2, 0) is 0 Å². The third kappa shape index (κ3) is 3.07. The van der Waals surface area contributed by atoms with Crippen LogP contribution in [0.4, 0.5) is 5.69 Å². The maximum atomic E-state index is 12.9. The zero-order chi connectivity index (χ0) is 17.9. The van der Waals surface area contributed by atoms with Crippen LogP contribution in [0, 0.1) is 0 Å². The molecular weight excluding hydrogens is 392 g/mol. The maximum Gasteiger partial charge on any atom is 0.261 e. The minimum atomic E-state index is -0.220. The fourth-order valence-electron chi connectivity index (χ4n) is 2.74. The van der Waals surface area contributed by atoms with Crippen LogP contribution in [0.5, 0.6) is 0 Å². The third-order valence-corrected chi connectivity index (χ3v) is 4.65. The summed E-state index contributed by atoms with van der Waals surface area (Å²) >= 11 is 3.46. The second-order valence-corrected chi connectivity index (χ2v) is 6.51. The van der Waals surface area contributed by atoms with Gasteiger partial charge in [-0.3, -0.25) is 4.79 Å². The molecule has 0 fully saturated rings. The van der Waals surface area contributed by atoms with Crippen LogP contribution in [0.1, 0.15) is 10.4 Å². The molecule has 4 aromatic rings. The smallest absolute Gasteiger partial charge is 0.261 e. The highest BCUT2D eigenvalue weighted by Crippen LogP contribution is 2.24. The molecule has 128 valence electrons. The molecular formula is C20H15BrN4O. The summed E-state index contributed by atoms with van der Waals surface area (Å²) in [6.45, 7) is 0. The van der Waals surface area contributed by atoms with Gasteiger partial charge in [-0.2, -0.15) is 5.10 Å². The van der Waals surface area contributed by atoms with Crippen LogP contribution in [0.2, 0.25) is 0 Å². The Labute approximate surface area is 159 Å². The molecule has 0 spiro atoms. The van der Waals surface area contributed by atoms with E-state index >= 15 is 0 Å². The van der Waals surface area contributed by atoms with Crippen molar-refractivity contribution in [1.82, 2.24) is 14.3 Å². The van der Waals surface area contributed by atoms with Gasteiger partial charge in [0.2, 0.25) is 0 Å². The molecule has 0 aliphatic carbocycles. The maximum absolute atomic E-state index is 12.9. The lowest BCUT2D eigenvalue weighted by Crippen LogP contribution is -2.15. The number of hydrogen-bond acceptors (Lipinski definition) is 2. The summed E-state index contributed by atoms with van der Waals surface area (Å²) in [6, 6.07) is 21.1. The zero-order valence-electron chi connectivity index (χ0n) is 13.7. The van der Waals surface area contributed by atoms with Gasteiger partial charge in [0.15, 0.2) is 5.82 Å². The number of benzene rings is 2. The molecule has 1 N–H and O–H groups in total. The normalized spacial score (nSPS) is 10.7. The molecule has 0 bridgehead atoms. The number of anilines is 1. The van der Waals surface area contributed by atoms with E-state index < -0.39 is 0 Å². The SMILES string of the molecule is O=C(Nc1ccccc1Br)c1cnn(-c2ccccc2)c1-n1cccc1. The summed E-state index contributed by atoms with van der Waals surface area (Å²) in [7, 11) is 0. The molecule has 2 aromatic carbocycles. The van der Waals surface area contributed by atoms with Crippen LogP contribution < -0.4 is 5.32 Å². The van der Waals surface area contributed by atoms with Gasteiger partial charge in [0, 0.05) is 16.9 Å². The number of nitrogens with one attached hydrogen (secondary N) is 1. The van der Waals surface area contributed by atoms with Crippen molar-refractivity contribution in [2.24, 2.45) is 0 Å². The van der Waals surface area contributed by atoms with Crippen molar-refractivity contribution < 1.29 is 4.79 Å². The first kappa shape index (κ1) is 16.4. The van der Waals surface area contributed by atoms with Gasteiger partial charge >= 0.3 is 0 Å². The molecule has 4 rings (SSSR count). The molecule has 0 aliphatic heterocycles. The van der Waals surface area contributed by atoms with Gasteiger partial charge in [-0.05, 0) is 52.3 Å². The van der Waals surface area contributed by atoms with Crippen LogP contribution in [0.25, 0.3) is 11.5 Å². The van der Waals surface area contributed by atoms with Crippen molar-refractivity contribution in [3.8, 4) is 11.5 Å². The summed E-state index contributed by atoms with van der Waals surface area (Å²) < 4.78 is 4.47. The summed E-state index contributed by atoms with van der Waals surface area (Å²) in [5.41, 5.74) is 2.08. The molecule has 0 saturated heterocycles. The van der Waals surface area contributed by atoms with Crippen molar-refractivity contribution >= 4 is 27.5 Å². The zero-order valence-corrected chi connectivity index (χ0v) is 15.3. The Kier molecular flexibility index (Phi) is 4.41. The van der Waals surface area contributed by atoms with E-state index in [4.69, 9.17) is 0 Å². The number of hydrogen-bond donors (Lipinski definition) is 1. The number of aromatic nitrogens is 3.